The van der Waals surface area contributed by atoms with E-state index < -0.39 is 5.60 Å². The minimum atomic E-state index is -0.742. The lowest BCUT2D eigenvalue weighted by molar-refractivity contribution is -0.123. The highest BCUT2D eigenvalue weighted by molar-refractivity contribution is 5.94. The number of likely N-dealkylation sites (tertiary alicyclic amines) is 1. The number of amides is 1. The maximum absolute atomic E-state index is 13.3. The normalized spacial score (nSPS) is 23.0. The van der Waals surface area contributed by atoms with Crippen molar-refractivity contribution in [1.29, 1.82) is 0 Å². The Bertz CT molecular complexity index is 1050. The number of carbonyl (C=O) groups is 1. The third kappa shape index (κ3) is 7.81. The van der Waals surface area contributed by atoms with Crippen LogP contribution in [0.3, 0.4) is 0 Å². The Labute approximate surface area is 223 Å². The maximum atomic E-state index is 13.3. The summed E-state index contributed by atoms with van der Waals surface area (Å²) in [4.78, 5) is 17.8. The lowest BCUT2D eigenvalue weighted by Gasteiger charge is -2.32. The zero-order valence-electron chi connectivity index (χ0n) is 23.5. The lowest BCUT2D eigenvalue weighted by atomic mass is 9.86. The molecule has 4 rings (SSSR count). The van der Waals surface area contributed by atoms with Crippen molar-refractivity contribution in [3.05, 3.63) is 59.2 Å². The third-order valence-corrected chi connectivity index (χ3v) is 8.04. The number of benzene rings is 2. The SMILES string of the molecule is Cc1cc(N(C)C(=O)C2CCC(Oc3cccc(CC(C)(C)O)c3)CC2)ccc1CN1CCC[C@@H](C)C1. The third-order valence-electron chi connectivity index (χ3n) is 8.04. The number of hydrogen-bond acceptors (Lipinski definition) is 4. The molecule has 0 radical (unpaired) electrons. The molecule has 1 N–H and O–H groups in total. The number of piperidine rings is 1. The summed E-state index contributed by atoms with van der Waals surface area (Å²) in [7, 11) is 1.92. The molecule has 1 saturated carbocycles. The molecule has 0 spiro atoms. The molecule has 0 aromatic heterocycles. The molecule has 1 aliphatic carbocycles. The highest BCUT2D eigenvalue weighted by atomic mass is 16.5. The van der Waals surface area contributed by atoms with Gasteiger partial charge in [-0.15, -0.1) is 0 Å². The fraction of sp³-hybridized carbons (Fsp3) is 0.594. The van der Waals surface area contributed by atoms with E-state index in [9.17, 15) is 9.90 Å². The summed E-state index contributed by atoms with van der Waals surface area (Å²) in [5.41, 5.74) is 3.94. The van der Waals surface area contributed by atoms with Gasteiger partial charge in [0.25, 0.3) is 0 Å². The van der Waals surface area contributed by atoms with Gasteiger partial charge in [-0.3, -0.25) is 9.69 Å². The first-order chi connectivity index (χ1) is 17.6. The Morgan fingerprint density at radius 3 is 2.54 bits per heavy atom. The number of nitrogens with zero attached hydrogens (tertiary/aromatic N) is 2. The van der Waals surface area contributed by atoms with Crippen LogP contribution in [0.15, 0.2) is 42.5 Å². The predicted molar refractivity (Wildman–Crippen MR) is 151 cm³/mol. The fourth-order valence-corrected chi connectivity index (χ4v) is 5.99. The summed E-state index contributed by atoms with van der Waals surface area (Å²) in [6, 6.07) is 14.5. The minimum Gasteiger partial charge on any atom is -0.490 e. The Morgan fingerprint density at radius 2 is 1.86 bits per heavy atom. The van der Waals surface area contributed by atoms with E-state index in [1.165, 1.54) is 37.1 Å². The second-order valence-corrected chi connectivity index (χ2v) is 12.2. The molecule has 5 heteroatoms. The van der Waals surface area contributed by atoms with Gasteiger partial charge in [0.05, 0.1) is 11.7 Å². The minimum absolute atomic E-state index is 0.0428. The van der Waals surface area contributed by atoms with Crippen LogP contribution in [0.2, 0.25) is 0 Å². The standard InChI is InChI=1S/C32H46N2O3/c1-23-8-7-17-34(21-23)22-27-11-14-28(18-24(27)2)33(5)31(35)26-12-15-29(16-13-26)37-30-10-6-9-25(19-30)20-32(3,4)36/h6,9-11,14,18-19,23,26,29,36H,7-8,12-13,15-17,20-22H2,1-5H3/t23-,26?,29?/m1/s1. The highest BCUT2D eigenvalue weighted by Gasteiger charge is 2.30. The summed E-state index contributed by atoms with van der Waals surface area (Å²) in [5, 5.41) is 10.1. The number of aliphatic hydroxyl groups is 1. The van der Waals surface area contributed by atoms with E-state index in [0.29, 0.717) is 6.42 Å². The van der Waals surface area contributed by atoms with E-state index in [4.69, 9.17) is 4.74 Å². The summed E-state index contributed by atoms with van der Waals surface area (Å²) >= 11 is 0. The molecule has 2 fully saturated rings. The van der Waals surface area contributed by atoms with Crippen LogP contribution in [-0.2, 0) is 17.8 Å². The zero-order valence-corrected chi connectivity index (χ0v) is 23.5. The van der Waals surface area contributed by atoms with Crippen molar-refractivity contribution in [1.82, 2.24) is 4.90 Å². The van der Waals surface area contributed by atoms with Crippen LogP contribution in [0.4, 0.5) is 5.69 Å². The highest BCUT2D eigenvalue weighted by Crippen LogP contribution is 2.31. The second kappa shape index (κ2) is 12.0. The van der Waals surface area contributed by atoms with Gasteiger partial charge in [-0.05, 0) is 113 Å². The number of aryl methyl sites for hydroxylation is 1. The number of carbonyl (C=O) groups excluding carboxylic acids is 1. The van der Waals surface area contributed by atoms with Gasteiger partial charge in [-0.1, -0.05) is 25.1 Å². The first-order valence-electron chi connectivity index (χ1n) is 14.1. The quantitative estimate of drug-likeness (QED) is 0.467. The topological polar surface area (TPSA) is 53.0 Å². The van der Waals surface area contributed by atoms with Gasteiger partial charge in [0.1, 0.15) is 5.75 Å². The van der Waals surface area contributed by atoms with Crippen molar-refractivity contribution in [3.63, 3.8) is 0 Å². The van der Waals surface area contributed by atoms with Gasteiger partial charge in [-0.2, -0.15) is 0 Å². The van der Waals surface area contributed by atoms with E-state index in [-0.39, 0.29) is 17.9 Å². The Hall–Kier alpha value is -2.37. The molecule has 202 valence electrons. The smallest absolute Gasteiger partial charge is 0.229 e. The van der Waals surface area contributed by atoms with E-state index in [1.54, 1.807) is 0 Å². The van der Waals surface area contributed by atoms with Gasteiger partial charge in [0.15, 0.2) is 0 Å². The van der Waals surface area contributed by atoms with E-state index in [0.717, 1.165) is 55.1 Å². The van der Waals surface area contributed by atoms with Crippen LogP contribution in [-0.4, -0.2) is 47.8 Å². The number of anilines is 1. The Kier molecular flexibility index (Phi) is 8.97. The molecule has 5 nitrogen and oxygen atoms in total. The first kappa shape index (κ1) is 27.7. The largest absolute Gasteiger partial charge is 0.490 e. The molecule has 0 bridgehead atoms. The lowest BCUT2D eigenvalue weighted by Crippen LogP contribution is -2.37. The van der Waals surface area contributed by atoms with Crippen molar-refractivity contribution < 1.29 is 14.6 Å². The average Bonchev–Trinajstić information content (AvgIpc) is 2.84. The fourth-order valence-electron chi connectivity index (χ4n) is 5.99. The van der Waals surface area contributed by atoms with Gasteiger partial charge in [0.2, 0.25) is 5.91 Å². The van der Waals surface area contributed by atoms with Gasteiger partial charge < -0.3 is 14.7 Å². The summed E-state index contributed by atoms with van der Waals surface area (Å²) in [6.45, 7) is 11.5. The number of hydrogen-bond donors (Lipinski definition) is 1. The van der Waals surface area contributed by atoms with Gasteiger partial charge in [-0.25, -0.2) is 0 Å². The molecular formula is C32H46N2O3. The van der Waals surface area contributed by atoms with Crippen LogP contribution in [0, 0.1) is 18.8 Å². The summed E-state index contributed by atoms with van der Waals surface area (Å²) in [5.74, 6) is 1.88. The molecule has 2 aromatic carbocycles. The average molecular weight is 507 g/mol. The zero-order chi connectivity index (χ0) is 26.6. The Morgan fingerprint density at radius 1 is 1.11 bits per heavy atom. The molecule has 1 aliphatic heterocycles. The van der Waals surface area contributed by atoms with Crippen LogP contribution < -0.4 is 9.64 Å². The number of ether oxygens (including phenoxy) is 1. The van der Waals surface area contributed by atoms with Crippen LogP contribution in [0.5, 0.6) is 5.75 Å². The molecule has 1 heterocycles. The first-order valence-corrected chi connectivity index (χ1v) is 14.1. The molecule has 1 amide bonds. The summed E-state index contributed by atoms with van der Waals surface area (Å²) < 4.78 is 6.27. The van der Waals surface area contributed by atoms with Crippen LogP contribution >= 0.6 is 0 Å². The second-order valence-electron chi connectivity index (χ2n) is 12.2. The van der Waals surface area contributed by atoms with E-state index >= 15 is 0 Å². The molecule has 37 heavy (non-hydrogen) atoms. The van der Waals surface area contributed by atoms with Crippen LogP contribution in [0.1, 0.15) is 76.0 Å². The van der Waals surface area contributed by atoms with E-state index in [1.807, 2.05) is 50.1 Å². The van der Waals surface area contributed by atoms with Crippen molar-refractivity contribution in [2.24, 2.45) is 11.8 Å². The van der Waals surface area contributed by atoms with Crippen LogP contribution in [0.25, 0.3) is 0 Å². The summed E-state index contributed by atoms with van der Waals surface area (Å²) in [6.07, 6.45) is 6.81. The predicted octanol–water partition coefficient (Wildman–Crippen LogP) is 6.14. The van der Waals surface area contributed by atoms with Gasteiger partial charge in [0, 0.05) is 38.2 Å². The molecule has 2 aliphatic rings. The molecule has 0 unspecified atom stereocenters. The monoisotopic (exact) mass is 506 g/mol. The molecular weight excluding hydrogens is 460 g/mol. The van der Waals surface area contributed by atoms with Crippen molar-refractivity contribution >= 4 is 11.6 Å². The molecule has 2 aromatic rings. The molecule has 1 atom stereocenters. The van der Waals surface area contributed by atoms with Crippen molar-refractivity contribution in [3.8, 4) is 5.75 Å². The number of rotatable bonds is 8. The van der Waals surface area contributed by atoms with Crippen molar-refractivity contribution in [2.45, 2.75) is 90.9 Å². The van der Waals surface area contributed by atoms with Gasteiger partial charge >= 0.3 is 0 Å². The molecule has 1 saturated heterocycles. The van der Waals surface area contributed by atoms with E-state index in [2.05, 4.69) is 36.9 Å². The Balaban J connectivity index is 1.29. The van der Waals surface area contributed by atoms with Crippen molar-refractivity contribution in [2.75, 3.05) is 25.0 Å². The maximum Gasteiger partial charge on any atom is 0.229 e.